The Hall–Kier alpha value is -1.39. The van der Waals surface area contributed by atoms with Crippen LogP contribution < -0.4 is 5.73 Å². The monoisotopic (exact) mass is 208 g/mol. The van der Waals surface area contributed by atoms with Crippen molar-refractivity contribution in [1.82, 2.24) is 5.06 Å². The lowest BCUT2D eigenvalue weighted by Gasteiger charge is -2.13. The Morgan fingerprint density at radius 2 is 2.00 bits per heavy atom. The SMILES string of the molecule is CON(C)C(=O)c1ccc(CCN)cc1. The maximum absolute atomic E-state index is 11.6. The number of nitrogens with two attached hydrogens (primary N) is 1. The summed E-state index contributed by atoms with van der Waals surface area (Å²) in [5.74, 6) is -0.156. The van der Waals surface area contributed by atoms with Gasteiger partial charge >= 0.3 is 0 Å². The summed E-state index contributed by atoms with van der Waals surface area (Å²) < 4.78 is 0. The molecule has 0 aliphatic carbocycles. The van der Waals surface area contributed by atoms with Crippen LogP contribution in [0, 0.1) is 0 Å². The zero-order chi connectivity index (χ0) is 11.3. The molecule has 0 saturated heterocycles. The number of hydrogen-bond donors (Lipinski definition) is 1. The first-order valence-electron chi connectivity index (χ1n) is 4.80. The van der Waals surface area contributed by atoms with Gasteiger partial charge in [-0.15, -0.1) is 0 Å². The fourth-order valence-corrected chi connectivity index (χ4v) is 1.25. The summed E-state index contributed by atoms with van der Waals surface area (Å²) in [5.41, 5.74) is 7.18. The molecule has 2 N–H and O–H groups in total. The van der Waals surface area contributed by atoms with Crippen LogP contribution in [-0.4, -0.2) is 31.7 Å². The number of hydroxylamine groups is 2. The highest BCUT2D eigenvalue weighted by Gasteiger charge is 2.10. The maximum Gasteiger partial charge on any atom is 0.277 e. The molecule has 4 nitrogen and oxygen atoms in total. The molecule has 0 atom stereocenters. The topological polar surface area (TPSA) is 55.6 Å². The quantitative estimate of drug-likeness (QED) is 0.745. The number of rotatable bonds is 4. The Labute approximate surface area is 89.6 Å². The zero-order valence-electron chi connectivity index (χ0n) is 9.06. The number of carbonyl (C=O) groups excluding carboxylic acids is 1. The largest absolute Gasteiger partial charge is 0.330 e. The molecule has 1 amide bonds. The molecule has 1 aromatic carbocycles. The fourth-order valence-electron chi connectivity index (χ4n) is 1.25. The minimum absolute atomic E-state index is 0.156. The van der Waals surface area contributed by atoms with E-state index in [9.17, 15) is 4.79 Å². The highest BCUT2D eigenvalue weighted by molar-refractivity contribution is 5.93. The third kappa shape index (κ3) is 3.04. The van der Waals surface area contributed by atoms with Gasteiger partial charge in [-0.05, 0) is 30.7 Å². The Bertz CT molecular complexity index is 322. The van der Waals surface area contributed by atoms with Gasteiger partial charge in [0.25, 0.3) is 5.91 Å². The van der Waals surface area contributed by atoms with E-state index in [4.69, 9.17) is 10.6 Å². The van der Waals surface area contributed by atoms with Crippen LogP contribution >= 0.6 is 0 Å². The highest BCUT2D eigenvalue weighted by atomic mass is 16.7. The van der Waals surface area contributed by atoms with Crippen molar-refractivity contribution in [1.29, 1.82) is 0 Å². The molecule has 0 aliphatic heterocycles. The first-order chi connectivity index (χ1) is 7.19. The second-order valence-electron chi connectivity index (χ2n) is 3.22. The van der Waals surface area contributed by atoms with Gasteiger partial charge in [-0.2, -0.15) is 0 Å². The van der Waals surface area contributed by atoms with E-state index in [1.165, 1.54) is 12.2 Å². The van der Waals surface area contributed by atoms with Gasteiger partial charge in [0.1, 0.15) is 0 Å². The van der Waals surface area contributed by atoms with Crippen LogP contribution in [0.5, 0.6) is 0 Å². The van der Waals surface area contributed by atoms with Gasteiger partial charge in [0.2, 0.25) is 0 Å². The van der Waals surface area contributed by atoms with Crippen molar-refractivity contribution >= 4 is 5.91 Å². The van der Waals surface area contributed by atoms with Crippen LogP contribution in [0.3, 0.4) is 0 Å². The molecule has 0 bridgehead atoms. The summed E-state index contributed by atoms with van der Waals surface area (Å²) in [5, 5.41) is 1.19. The van der Waals surface area contributed by atoms with E-state index < -0.39 is 0 Å². The predicted octanol–water partition coefficient (Wildman–Crippen LogP) is 0.821. The Morgan fingerprint density at radius 3 is 2.47 bits per heavy atom. The molecule has 0 aliphatic rings. The molecule has 82 valence electrons. The molecule has 0 heterocycles. The Morgan fingerprint density at radius 1 is 1.40 bits per heavy atom. The first kappa shape index (κ1) is 11.7. The van der Waals surface area contributed by atoms with Crippen molar-refractivity contribution in [3.63, 3.8) is 0 Å². The Kier molecular flexibility index (Phi) is 4.27. The van der Waals surface area contributed by atoms with Gasteiger partial charge in [0.15, 0.2) is 0 Å². The standard InChI is InChI=1S/C11H16N2O2/c1-13(15-2)11(14)10-5-3-9(4-6-10)7-8-12/h3-6H,7-8,12H2,1-2H3. The fraction of sp³-hybridized carbons (Fsp3) is 0.364. The highest BCUT2D eigenvalue weighted by Crippen LogP contribution is 2.07. The van der Waals surface area contributed by atoms with Crippen molar-refractivity contribution in [2.75, 3.05) is 20.7 Å². The van der Waals surface area contributed by atoms with Crippen LogP contribution in [0.4, 0.5) is 0 Å². The molecule has 0 aromatic heterocycles. The van der Waals surface area contributed by atoms with E-state index in [2.05, 4.69) is 0 Å². The van der Waals surface area contributed by atoms with Crippen molar-refractivity contribution in [3.05, 3.63) is 35.4 Å². The number of amides is 1. The van der Waals surface area contributed by atoms with Crippen molar-refractivity contribution < 1.29 is 9.63 Å². The normalized spacial score (nSPS) is 10.1. The third-order valence-corrected chi connectivity index (χ3v) is 2.19. The number of nitrogens with zero attached hydrogens (tertiary/aromatic N) is 1. The van der Waals surface area contributed by atoms with E-state index in [1.54, 1.807) is 19.2 Å². The van der Waals surface area contributed by atoms with Gasteiger partial charge < -0.3 is 5.73 Å². The minimum Gasteiger partial charge on any atom is -0.330 e. The van der Waals surface area contributed by atoms with Crippen LogP contribution in [-0.2, 0) is 11.3 Å². The molecule has 0 saturated carbocycles. The number of carbonyl (C=O) groups is 1. The van der Waals surface area contributed by atoms with Crippen molar-refractivity contribution in [2.24, 2.45) is 5.73 Å². The summed E-state index contributed by atoms with van der Waals surface area (Å²) >= 11 is 0. The molecular weight excluding hydrogens is 192 g/mol. The van der Waals surface area contributed by atoms with E-state index in [0.717, 1.165) is 12.0 Å². The van der Waals surface area contributed by atoms with E-state index in [-0.39, 0.29) is 5.91 Å². The van der Waals surface area contributed by atoms with E-state index >= 15 is 0 Å². The summed E-state index contributed by atoms with van der Waals surface area (Å²) in [6.45, 7) is 0.616. The van der Waals surface area contributed by atoms with Crippen LogP contribution in [0.15, 0.2) is 24.3 Å². The summed E-state index contributed by atoms with van der Waals surface area (Å²) in [7, 11) is 3.04. The smallest absolute Gasteiger partial charge is 0.277 e. The molecule has 1 rings (SSSR count). The summed E-state index contributed by atoms with van der Waals surface area (Å²) in [4.78, 5) is 16.4. The molecule has 0 unspecified atom stereocenters. The van der Waals surface area contributed by atoms with Gasteiger partial charge in [-0.25, -0.2) is 5.06 Å². The molecule has 0 spiro atoms. The lowest BCUT2D eigenvalue weighted by atomic mass is 10.1. The Balaban J connectivity index is 2.75. The molecule has 15 heavy (non-hydrogen) atoms. The summed E-state index contributed by atoms with van der Waals surface area (Å²) in [6, 6.07) is 7.37. The van der Waals surface area contributed by atoms with Gasteiger partial charge in [0, 0.05) is 12.6 Å². The molecular formula is C11H16N2O2. The van der Waals surface area contributed by atoms with E-state index in [0.29, 0.717) is 12.1 Å². The van der Waals surface area contributed by atoms with Gasteiger partial charge in [-0.3, -0.25) is 9.63 Å². The zero-order valence-corrected chi connectivity index (χ0v) is 9.06. The molecule has 0 radical (unpaired) electrons. The first-order valence-corrected chi connectivity index (χ1v) is 4.80. The third-order valence-electron chi connectivity index (χ3n) is 2.19. The second kappa shape index (κ2) is 5.48. The molecule has 4 heteroatoms. The van der Waals surface area contributed by atoms with Crippen molar-refractivity contribution in [3.8, 4) is 0 Å². The average molecular weight is 208 g/mol. The predicted molar refractivity (Wildman–Crippen MR) is 58.3 cm³/mol. The lowest BCUT2D eigenvalue weighted by molar-refractivity contribution is -0.0756. The second-order valence-corrected chi connectivity index (χ2v) is 3.22. The lowest BCUT2D eigenvalue weighted by Crippen LogP contribution is -2.25. The van der Waals surface area contributed by atoms with E-state index in [1.807, 2.05) is 12.1 Å². The number of hydrogen-bond acceptors (Lipinski definition) is 3. The van der Waals surface area contributed by atoms with Crippen molar-refractivity contribution in [2.45, 2.75) is 6.42 Å². The number of benzene rings is 1. The van der Waals surface area contributed by atoms with Crippen LogP contribution in [0.1, 0.15) is 15.9 Å². The van der Waals surface area contributed by atoms with Crippen LogP contribution in [0.2, 0.25) is 0 Å². The maximum atomic E-state index is 11.6. The minimum atomic E-state index is -0.156. The summed E-state index contributed by atoms with van der Waals surface area (Å²) in [6.07, 6.45) is 0.828. The van der Waals surface area contributed by atoms with Gasteiger partial charge in [0.05, 0.1) is 7.11 Å². The van der Waals surface area contributed by atoms with Gasteiger partial charge in [-0.1, -0.05) is 12.1 Å². The molecule has 0 fully saturated rings. The molecule has 1 aromatic rings. The van der Waals surface area contributed by atoms with Crippen LogP contribution in [0.25, 0.3) is 0 Å². The average Bonchev–Trinajstić information content (AvgIpc) is 2.28.